The van der Waals surface area contributed by atoms with E-state index in [0.717, 1.165) is 11.3 Å². The van der Waals surface area contributed by atoms with E-state index in [4.69, 9.17) is 19.6 Å². The third kappa shape index (κ3) is 3.35. The molecule has 0 saturated heterocycles. The van der Waals surface area contributed by atoms with E-state index in [-0.39, 0.29) is 11.4 Å². The molecule has 2 heterocycles. The fourth-order valence-electron chi connectivity index (χ4n) is 3.27. The molecule has 0 aromatic heterocycles. The molecule has 0 unspecified atom stereocenters. The van der Waals surface area contributed by atoms with Crippen molar-refractivity contribution in [2.75, 3.05) is 21.3 Å². The molecule has 0 bridgehead atoms. The maximum absolute atomic E-state index is 12.7. The van der Waals surface area contributed by atoms with Gasteiger partial charge in [0.2, 0.25) is 5.75 Å². The minimum atomic E-state index is -0.463. The first-order valence-electron chi connectivity index (χ1n) is 9.03. The number of nitrogens with zero attached hydrogens (tertiary/aromatic N) is 2. The van der Waals surface area contributed by atoms with E-state index >= 15 is 0 Å². The van der Waals surface area contributed by atoms with E-state index in [1.807, 2.05) is 35.7 Å². The molecule has 0 spiro atoms. The van der Waals surface area contributed by atoms with Gasteiger partial charge in [-0.3, -0.25) is 15.1 Å². The van der Waals surface area contributed by atoms with Crippen LogP contribution in [0.4, 0.5) is 0 Å². The molecule has 1 N–H and O–H groups in total. The zero-order valence-electron chi connectivity index (χ0n) is 16.6. The van der Waals surface area contributed by atoms with Crippen molar-refractivity contribution in [3.63, 3.8) is 0 Å². The van der Waals surface area contributed by atoms with Gasteiger partial charge in [-0.1, -0.05) is 42.1 Å². The van der Waals surface area contributed by atoms with Crippen LogP contribution in [-0.4, -0.2) is 43.1 Å². The largest absolute Gasteiger partial charge is 0.493 e. The lowest BCUT2D eigenvalue weighted by Gasteiger charge is -2.27. The molecule has 0 saturated carbocycles. The van der Waals surface area contributed by atoms with Gasteiger partial charge in [0, 0.05) is 5.41 Å². The molecule has 0 radical (unpaired) electrons. The summed E-state index contributed by atoms with van der Waals surface area (Å²) in [7, 11) is 4.57. The van der Waals surface area contributed by atoms with Gasteiger partial charge < -0.3 is 14.2 Å². The van der Waals surface area contributed by atoms with E-state index in [0.29, 0.717) is 28.0 Å². The third-order valence-corrected chi connectivity index (χ3v) is 5.51. The molecule has 0 atom stereocenters. The van der Waals surface area contributed by atoms with Crippen LogP contribution < -0.4 is 14.2 Å². The lowest BCUT2D eigenvalue weighted by molar-refractivity contribution is -0.114. The maximum atomic E-state index is 12.7. The number of hydrogen-bond donors (Lipinski definition) is 1. The van der Waals surface area contributed by atoms with Gasteiger partial charge in [-0.25, -0.2) is 0 Å². The minimum Gasteiger partial charge on any atom is -0.493 e. The number of methoxy groups -OCH3 is 3. The summed E-state index contributed by atoms with van der Waals surface area (Å²) in [5.41, 5.74) is 2.57. The standard InChI is InChI=1S/C22H19N3O4S/c1-27-17-10-13(11-18(28-2)19(17)29-3)9-15-20(23)25-16(14-7-5-4-6-8-14)12-30-22(25)24-21(15)26/h4-12,23H,1-3H3/b15-9-,23-20?. The Morgan fingerprint density at radius 1 is 1.03 bits per heavy atom. The highest BCUT2D eigenvalue weighted by atomic mass is 32.2. The lowest BCUT2D eigenvalue weighted by atomic mass is 10.1. The topological polar surface area (TPSA) is 84.2 Å². The monoisotopic (exact) mass is 421 g/mol. The summed E-state index contributed by atoms with van der Waals surface area (Å²) in [4.78, 5) is 18.6. The van der Waals surface area contributed by atoms with E-state index in [1.54, 1.807) is 23.1 Å². The third-order valence-electron chi connectivity index (χ3n) is 4.68. The van der Waals surface area contributed by atoms with Crippen LogP contribution in [0.3, 0.4) is 0 Å². The number of hydrogen-bond acceptors (Lipinski definition) is 6. The summed E-state index contributed by atoms with van der Waals surface area (Å²) in [5, 5.41) is 11.1. The Labute approximate surface area is 178 Å². The Kier molecular flexibility index (Phi) is 5.33. The molecule has 0 fully saturated rings. The van der Waals surface area contributed by atoms with E-state index in [9.17, 15) is 4.79 Å². The number of carbonyl (C=O) groups excluding carboxylic acids is 1. The van der Waals surface area contributed by atoms with Gasteiger partial charge in [-0.05, 0) is 29.3 Å². The van der Waals surface area contributed by atoms with Gasteiger partial charge in [-0.2, -0.15) is 4.99 Å². The van der Waals surface area contributed by atoms with Gasteiger partial charge in [0.05, 0.1) is 32.6 Å². The summed E-state index contributed by atoms with van der Waals surface area (Å²) in [5.74, 6) is 0.986. The molecular formula is C22H19N3O4S. The highest BCUT2D eigenvalue weighted by molar-refractivity contribution is 8.17. The summed E-state index contributed by atoms with van der Waals surface area (Å²) >= 11 is 1.33. The lowest BCUT2D eigenvalue weighted by Crippen LogP contribution is -2.38. The normalized spacial score (nSPS) is 16.9. The molecule has 30 heavy (non-hydrogen) atoms. The molecule has 2 aliphatic heterocycles. The van der Waals surface area contributed by atoms with Crippen molar-refractivity contribution in [3.8, 4) is 17.2 Å². The van der Waals surface area contributed by atoms with Crippen molar-refractivity contribution in [2.24, 2.45) is 4.99 Å². The number of amides is 1. The van der Waals surface area contributed by atoms with Crippen LogP contribution in [0.5, 0.6) is 17.2 Å². The molecule has 152 valence electrons. The number of nitrogens with one attached hydrogen (secondary N) is 1. The summed E-state index contributed by atoms with van der Waals surface area (Å²) in [6.45, 7) is 0. The Hall–Kier alpha value is -3.52. The van der Waals surface area contributed by atoms with Crippen LogP contribution >= 0.6 is 11.8 Å². The molecule has 2 aromatic carbocycles. The van der Waals surface area contributed by atoms with Gasteiger partial charge in [0.15, 0.2) is 16.7 Å². The van der Waals surface area contributed by atoms with Crippen molar-refractivity contribution < 1.29 is 19.0 Å². The number of rotatable bonds is 5. The van der Waals surface area contributed by atoms with Gasteiger partial charge in [0.1, 0.15) is 5.84 Å². The highest BCUT2D eigenvalue weighted by Crippen LogP contribution is 2.40. The molecule has 2 aromatic rings. The molecule has 2 aliphatic rings. The van der Waals surface area contributed by atoms with Crippen molar-refractivity contribution >= 4 is 40.4 Å². The van der Waals surface area contributed by atoms with Gasteiger partial charge in [-0.15, -0.1) is 0 Å². The molecule has 1 amide bonds. The first-order valence-corrected chi connectivity index (χ1v) is 9.91. The average Bonchev–Trinajstić information content (AvgIpc) is 3.20. The van der Waals surface area contributed by atoms with E-state index < -0.39 is 5.91 Å². The maximum Gasteiger partial charge on any atom is 0.283 e. The Bertz CT molecular complexity index is 1100. The van der Waals surface area contributed by atoms with Gasteiger partial charge in [0.25, 0.3) is 5.91 Å². The Morgan fingerprint density at radius 2 is 1.70 bits per heavy atom. The van der Waals surface area contributed by atoms with Gasteiger partial charge >= 0.3 is 0 Å². The van der Waals surface area contributed by atoms with Crippen molar-refractivity contribution in [3.05, 3.63) is 64.6 Å². The minimum absolute atomic E-state index is 0.0684. The van der Waals surface area contributed by atoms with E-state index in [2.05, 4.69) is 4.99 Å². The number of benzene rings is 2. The van der Waals surface area contributed by atoms with Crippen molar-refractivity contribution in [2.45, 2.75) is 0 Å². The predicted molar refractivity (Wildman–Crippen MR) is 118 cm³/mol. The van der Waals surface area contributed by atoms with Crippen LogP contribution in [0.2, 0.25) is 0 Å². The Balaban J connectivity index is 1.76. The van der Waals surface area contributed by atoms with Crippen LogP contribution in [-0.2, 0) is 4.79 Å². The van der Waals surface area contributed by atoms with Crippen LogP contribution in [0, 0.1) is 5.41 Å². The summed E-state index contributed by atoms with van der Waals surface area (Å²) < 4.78 is 16.1. The number of thioether (sulfide) groups is 1. The van der Waals surface area contributed by atoms with Crippen LogP contribution in [0.1, 0.15) is 11.1 Å². The van der Waals surface area contributed by atoms with Crippen molar-refractivity contribution in [1.82, 2.24) is 4.90 Å². The molecule has 7 nitrogen and oxygen atoms in total. The number of ether oxygens (including phenoxy) is 3. The van der Waals surface area contributed by atoms with Crippen LogP contribution in [0.15, 0.2) is 58.4 Å². The first kappa shape index (κ1) is 19.8. The smallest absolute Gasteiger partial charge is 0.283 e. The van der Waals surface area contributed by atoms with Crippen molar-refractivity contribution in [1.29, 1.82) is 5.41 Å². The second kappa shape index (κ2) is 8.08. The fourth-order valence-corrected chi connectivity index (χ4v) is 4.15. The number of amidine groups is 2. The Morgan fingerprint density at radius 3 is 2.30 bits per heavy atom. The molecule has 0 aliphatic carbocycles. The summed E-state index contributed by atoms with van der Waals surface area (Å²) in [6.07, 6.45) is 1.61. The SMILES string of the molecule is COc1cc(/C=C2/C(=N)N3C(c4ccccc4)=CSC3=NC2=O)cc(OC)c1OC. The predicted octanol–water partition coefficient (Wildman–Crippen LogP) is 4.02. The quantitative estimate of drug-likeness (QED) is 0.734. The highest BCUT2D eigenvalue weighted by Gasteiger charge is 2.36. The second-order valence-corrected chi connectivity index (χ2v) is 7.22. The molecule has 8 heteroatoms. The fraction of sp³-hybridized carbons (Fsp3) is 0.136. The molecule has 4 rings (SSSR count). The number of aliphatic imine (C=N–C) groups is 1. The van der Waals surface area contributed by atoms with E-state index in [1.165, 1.54) is 33.1 Å². The molecular weight excluding hydrogens is 402 g/mol. The zero-order valence-corrected chi connectivity index (χ0v) is 17.4. The second-order valence-electron chi connectivity index (χ2n) is 6.39. The summed E-state index contributed by atoms with van der Waals surface area (Å²) in [6, 6.07) is 13.2. The average molecular weight is 421 g/mol. The number of fused-ring (bicyclic) bond motifs is 1. The van der Waals surface area contributed by atoms with Crippen LogP contribution in [0.25, 0.3) is 11.8 Å². The number of carbonyl (C=O) groups is 1. The first-order chi connectivity index (χ1) is 14.6. The zero-order chi connectivity index (χ0) is 21.3.